The van der Waals surface area contributed by atoms with Gasteiger partial charge in [-0.05, 0) is 48.6 Å². The van der Waals surface area contributed by atoms with E-state index in [4.69, 9.17) is 19.9 Å². The summed E-state index contributed by atoms with van der Waals surface area (Å²) in [5, 5.41) is 0. The Morgan fingerprint density at radius 3 is 2.57 bits per heavy atom. The summed E-state index contributed by atoms with van der Waals surface area (Å²) in [7, 11) is 0. The Bertz CT molecular complexity index is 617. The summed E-state index contributed by atoms with van der Waals surface area (Å²) in [5.74, 6) is 2.32. The van der Waals surface area contributed by atoms with Crippen LogP contribution in [-0.4, -0.2) is 6.79 Å². The molecule has 1 aromatic carbocycles. The average molecular weight is 285 g/mol. The van der Waals surface area contributed by atoms with Crippen LogP contribution in [0.25, 0.3) is 0 Å². The number of hydrogen-bond acceptors (Lipinski definition) is 4. The van der Waals surface area contributed by atoms with Crippen molar-refractivity contribution in [2.75, 3.05) is 6.79 Å². The lowest BCUT2D eigenvalue weighted by Gasteiger charge is -2.16. The van der Waals surface area contributed by atoms with Crippen molar-refractivity contribution in [3.05, 3.63) is 59.5 Å². The Balaban J connectivity index is 1.79. The van der Waals surface area contributed by atoms with Crippen LogP contribution in [0.1, 0.15) is 24.0 Å². The lowest BCUT2D eigenvalue weighted by Crippen LogP contribution is -2.08. The van der Waals surface area contributed by atoms with Crippen LogP contribution < -0.4 is 15.2 Å². The van der Waals surface area contributed by atoms with E-state index >= 15 is 0 Å². The van der Waals surface area contributed by atoms with Crippen molar-refractivity contribution in [2.24, 2.45) is 5.73 Å². The molecule has 2 N–H and O–H groups in total. The first kappa shape index (κ1) is 13.6. The van der Waals surface area contributed by atoms with E-state index in [0.717, 1.165) is 47.6 Å². The lowest BCUT2D eigenvalue weighted by molar-refractivity contribution is 0.173. The van der Waals surface area contributed by atoms with Crippen LogP contribution in [0.4, 0.5) is 0 Å². The van der Waals surface area contributed by atoms with E-state index < -0.39 is 0 Å². The average Bonchev–Trinajstić information content (AvgIpc) is 2.94. The van der Waals surface area contributed by atoms with Crippen molar-refractivity contribution in [1.82, 2.24) is 0 Å². The minimum atomic E-state index is 0.272. The standard InChI is InChI=1S/C17H19NO3/c1-2-5-12-8-16-17(21-11-20-16)9-13(12)10-19-15-7-4-3-6-14(15)18/h2,6-9H,1,3-5,10-11,18H2. The first-order chi connectivity index (χ1) is 10.3. The van der Waals surface area contributed by atoms with Gasteiger partial charge in [-0.3, -0.25) is 0 Å². The Labute approximate surface area is 124 Å². The van der Waals surface area contributed by atoms with Gasteiger partial charge in [-0.1, -0.05) is 12.2 Å². The molecule has 110 valence electrons. The monoisotopic (exact) mass is 285 g/mol. The highest BCUT2D eigenvalue weighted by molar-refractivity contribution is 5.49. The van der Waals surface area contributed by atoms with Gasteiger partial charge in [-0.25, -0.2) is 0 Å². The van der Waals surface area contributed by atoms with Crippen molar-refractivity contribution in [2.45, 2.75) is 25.9 Å². The molecule has 4 heteroatoms. The summed E-state index contributed by atoms with van der Waals surface area (Å²) >= 11 is 0. The molecule has 0 fully saturated rings. The maximum atomic E-state index is 5.94. The summed E-state index contributed by atoms with van der Waals surface area (Å²) in [6, 6.07) is 3.97. The van der Waals surface area contributed by atoms with Crippen molar-refractivity contribution in [3.8, 4) is 11.5 Å². The third kappa shape index (κ3) is 2.89. The van der Waals surface area contributed by atoms with Gasteiger partial charge in [-0.2, -0.15) is 0 Å². The highest BCUT2D eigenvalue weighted by Crippen LogP contribution is 2.35. The van der Waals surface area contributed by atoms with Crippen LogP contribution in [0.3, 0.4) is 0 Å². The van der Waals surface area contributed by atoms with Gasteiger partial charge in [-0.15, -0.1) is 6.58 Å². The zero-order valence-corrected chi connectivity index (χ0v) is 11.9. The Kier molecular flexibility index (Phi) is 3.86. The smallest absolute Gasteiger partial charge is 0.231 e. The third-order valence-electron chi connectivity index (χ3n) is 3.59. The van der Waals surface area contributed by atoms with Gasteiger partial charge in [0.25, 0.3) is 0 Å². The molecule has 4 nitrogen and oxygen atoms in total. The SMILES string of the molecule is C=CCc1cc2c(cc1COC1=CCCC=C1N)OCO2. The third-order valence-corrected chi connectivity index (χ3v) is 3.59. The second kappa shape index (κ2) is 5.95. The maximum Gasteiger partial charge on any atom is 0.231 e. The summed E-state index contributed by atoms with van der Waals surface area (Å²) in [6.45, 7) is 4.53. The summed E-state index contributed by atoms with van der Waals surface area (Å²) < 4.78 is 16.7. The normalized spacial score (nSPS) is 16.2. The number of nitrogens with two attached hydrogens (primary N) is 1. The molecule has 0 atom stereocenters. The second-order valence-electron chi connectivity index (χ2n) is 5.06. The van der Waals surface area contributed by atoms with Gasteiger partial charge in [0.2, 0.25) is 6.79 Å². The molecule has 0 bridgehead atoms. The maximum absolute atomic E-state index is 5.94. The van der Waals surface area contributed by atoms with E-state index in [1.54, 1.807) is 0 Å². The minimum Gasteiger partial charge on any atom is -0.487 e. The van der Waals surface area contributed by atoms with Crippen molar-refractivity contribution in [3.63, 3.8) is 0 Å². The van der Waals surface area contributed by atoms with Gasteiger partial charge in [0, 0.05) is 0 Å². The largest absolute Gasteiger partial charge is 0.487 e. The number of benzene rings is 1. The van der Waals surface area contributed by atoms with Crippen LogP contribution in [0.15, 0.2) is 48.4 Å². The molecule has 1 heterocycles. The first-order valence-corrected chi connectivity index (χ1v) is 7.09. The molecule has 0 unspecified atom stereocenters. The molecule has 0 radical (unpaired) electrons. The molecule has 21 heavy (non-hydrogen) atoms. The topological polar surface area (TPSA) is 53.7 Å². The summed E-state index contributed by atoms with van der Waals surface area (Å²) in [4.78, 5) is 0. The predicted octanol–water partition coefficient (Wildman–Crippen LogP) is 3.18. The zero-order chi connectivity index (χ0) is 14.7. The second-order valence-corrected chi connectivity index (χ2v) is 5.06. The molecule has 1 aliphatic carbocycles. The fourth-order valence-electron chi connectivity index (χ4n) is 2.48. The van der Waals surface area contributed by atoms with E-state index in [1.807, 2.05) is 30.4 Å². The zero-order valence-electron chi connectivity index (χ0n) is 11.9. The van der Waals surface area contributed by atoms with Crippen LogP contribution in [0, 0.1) is 0 Å². The molecule has 0 saturated carbocycles. The van der Waals surface area contributed by atoms with E-state index in [9.17, 15) is 0 Å². The van der Waals surface area contributed by atoms with Crippen LogP contribution >= 0.6 is 0 Å². The summed E-state index contributed by atoms with van der Waals surface area (Å²) in [5.41, 5.74) is 8.85. The quantitative estimate of drug-likeness (QED) is 0.844. The van der Waals surface area contributed by atoms with Crippen LogP contribution in [0.5, 0.6) is 11.5 Å². The van der Waals surface area contributed by atoms with Gasteiger partial charge in [0.15, 0.2) is 11.5 Å². The van der Waals surface area contributed by atoms with E-state index in [2.05, 4.69) is 6.58 Å². The molecule has 0 spiro atoms. The first-order valence-electron chi connectivity index (χ1n) is 7.09. The van der Waals surface area contributed by atoms with Crippen molar-refractivity contribution < 1.29 is 14.2 Å². The number of hydrogen-bond donors (Lipinski definition) is 1. The van der Waals surface area contributed by atoms with E-state index in [0.29, 0.717) is 12.3 Å². The van der Waals surface area contributed by atoms with E-state index in [1.165, 1.54) is 0 Å². The van der Waals surface area contributed by atoms with Gasteiger partial charge < -0.3 is 19.9 Å². The fourth-order valence-corrected chi connectivity index (χ4v) is 2.48. The Morgan fingerprint density at radius 2 is 1.86 bits per heavy atom. The fraction of sp³-hybridized carbons (Fsp3) is 0.294. The van der Waals surface area contributed by atoms with Gasteiger partial charge >= 0.3 is 0 Å². The van der Waals surface area contributed by atoms with Crippen molar-refractivity contribution >= 4 is 0 Å². The van der Waals surface area contributed by atoms with Crippen LogP contribution in [-0.2, 0) is 17.8 Å². The molecular weight excluding hydrogens is 266 g/mol. The molecule has 0 saturated heterocycles. The lowest BCUT2D eigenvalue weighted by atomic mass is 10.0. The molecule has 0 aromatic heterocycles. The van der Waals surface area contributed by atoms with Crippen molar-refractivity contribution in [1.29, 1.82) is 0 Å². The highest BCUT2D eigenvalue weighted by Gasteiger charge is 2.17. The molecule has 1 aliphatic heterocycles. The molecule has 2 aliphatic rings. The molecule has 3 rings (SSSR count). The molecule has 1 aromatic rings. The summed E-state index contributed by atoms with van der Waals surface area (Å²) in [6.07, 6.45) is 8.62. The van der Waals surface area contributed by atoms with Crippen LogP contribution in [0.2, 0.25) is 0 Å². The molecular formula is C17H19NO3. The Hall–Kier alpha value is -2.36. The number of rotatable bonds is 5. The van der Waals surface area contributed by atoms with Gasteiger partial charge in [0.05, 0.1) is 5.70 Å². The number of ether oxygens (including phenoxy) is 3. The minimum absolute atomic E-state index is 0.272. The number of fused-ring (bicyclic) bond motifs is 1. The predicted molar refractivity (Wildman–Crippen MR) is 80.8 cm³/mol. The highest BCUT2D eigenvalue weighted by atomic mass is 16.7. The number of allylic oxidation sites excluding steroid dienone is 3. The Morgan fingerprint density at radius 1 is 1.14 bits per heavy atom. The molecule has 0 amide bonds. The van der Waals surface area contributed by atoms with E-state index in [-0.39, 0.29) is 6.79 Å². The van der Waals surface area contributed by atoms with Gasteiger partial charge in [0.1, 0.15) is 12.4 Å².